The Hall–Kier alpha value is -5.25. The molecular weight excluding hydrogens is 783 g/mol. The van der Waals surface area contributed by atoms with Crippen molar-refractivity contribution in [1.82, 2.24) is 61.2 Å². The van der Waals surface area contributed by atoms with Gasteiger partial charge in [0.15, 0.2) is 10.3 Å². The zero-order valence-electron chi connectivity index (χ0n) is 33.2. The second-order valence-corrected chi connectivity index (χ2v) is 15.4. The third-order valence-electron chi connectivity index (χ3n) is 10.8. The zero-order valence-corrected chi connectivity index (χ0v) is 34.7. The molecule has 4 aromatic carbocycles. The van der Waals surface area contributed by atoms with Crippen molar-refractivity contribution in [3.05, 3.63) is 147 Å². The maximum atomic E-state index is 10.0. The molecule has 0 bridgehead atoms. The fourth-order valence-electron chi connectivity index (χ4n) is 7.58. The van der Waals surface area contributed by atoms with E-state index in [1.54, 1.807) is 4.80 Å². The predicted molar refractivity (Wildman–Crippen MR) is 231 cm³/mol. The molecule has 8 rings (SSSR count). The summed E-state index contributed by atoms with van der Waals surface area (Å²) < 4.78 is 4.24. The molecule has 0 spiro atoms. The summed E-state index contributed by atoms with van der Waals surface area (Å²) in [5.74, 6) is 2.35. The highest BCUT2D eigenvalue weighted by atomic mass is 35.5. The Labute approximate surface area is 353 Å². The lowest BCUT2D eigenvalue weighted by Crippen LogP contribution is -2.33. The Morgan fingerprint density at radius 1 is 0.627 bits per heavy atom. The topological polar surface area (TPSA) is 148 Å². The van der Waals surface area contributed by atoms with Gasteiger partial charge >= 0.3 is 0 Å². The predicted octanol–water partition coefficient (Wildman–Crippen LogP) is 7.81. The van der Waals surface area contributed by atoms with Crippen molar-refractivity contribution < 1.29 is 5.11 Å². The van der Waals surface area contributed by atoms with E-state index >= 15 is 0 Å². The molecule has 5 N–H and O–H groups in total. The summed E-state index contributed by atoms with van der Waals surface area (Å²) in [7, 11) is 0. The molecule has 0 unspecified atom stereocenters. The molecule has 4 heterocycles. The Morgan fingerprint density at radius 3 is 1.75 bits per heavy atom. The second-order valence-electron chi connectivity index (χ2n) is 14.7. The summed E-state index contributed by atoms with van der Waals surface area (Å²) >= 11 is 13.3. The van der Waals surface area contributed by atoms with E-state index in [0.29, 0.717) is 41.5 Å². The molecule has 0 radical (unpaired) electrons. The number of aliphatic hydroxyl groups is 1. The molecular formula is C44H48Cl2N12O. The van der Waals surface area contributed by atoms with Crippen LogP contribution in [0.15, 0.2) is 97.1 Å². The number of tetrazole rings is 1. The maximum Gasteiger partial charge on any atom is 0.205 e. The molecule has 15 heteroatoms. The van der Waals surface area contributed by atoms with E-state index in [1.807, 2.05) is 28.8 Å². The van der Waals surface area contributed by atoms with Crippen molar-refractivity contribution in [3.8, 4) is 33.6 Å². The molecule has 1 saturated heterocycles. The minimum atomic E-state index is -0.163. The second kappa shape index (κ2) is 18.8. The van der Waals surface area contributed by atoms with Crippen LogP contribution in [-0.4, -0.2) is 44.4 Å². The summed E-state index contributed by atoms with van der Waals surface area (Å²) in [6.45, 7) is 5.65. The van der Waals surface area contributed by atoms with Gasteiger partial charge in [-0.25, -0.2) is 20.8 Å². The standard InChI is InChI=1S/C44H48Cl2N12O/c1-3-5-15-39-47-41(45)37(56(39)25-29-17-21-31(22-18-29)33-11-7-9-13-35(33)43-49-53-54-50-43)27-58-52-44(51-55-58)36-14-10-8-12-34(36)32-23-19-30(20-24-32)26-57-38(28-59)42(46)48-40(57)16-6-4-2/h7-14,17-24,43,49-50,53-54,59H,3-6,15-16,25-28H2,1-2H3. The molecule has 13 nitrogen and oxygen atoms in total. The maximum absolute atomic E-state index is 10.0. The smallest absolute Gasteiger partial charge is 0.205 e. The van der Waals surface area contributed by atoms with Gasteiger partial charge in [-0.3, -0.25) is 0 Å². The number of aryl methyl sites for hydroxylation is 2. The molecule has 0 atom stereocenters. The number of unbranched alkanes of at least 4 members (excludes halogenated alkanes) is 2. The van der Waals surface area contributed by atoms with Crippen LogP contribution in [0, 0.1) is 0 Å². The van der Waals surface area contributed by atoms with Gasteiger partial charge in [0.1, 0.15) is 24.4 Å². The first-order chi connectivity index (χ1) is 28.9. The van der Waals surface area contributed by atoms with Crippen LogP contribution in [-0.2, 0) is 39.1 Å². The third kappa shape index (κ3) is 9.02. The van der Waals surface area contributed by atoms with E-state index in [1.165, 1.54) is 0 Å². The number of hydrazine groups is 3. The van der Waals surface area contributed by atoms with Crippen LogP contribution in [0.5, 0.6) is 0 Å². The molecule has 7 aromatic rings. The molecule has 1 aliphatic rings. The fraction of sp³-hybridized carbons (Fsp3) is 0.295. The van der Waals surface area contributed by atoms with Gasteiger partial charge in [-0.15, -0.1) is 10.2 Å². The molecule has 59 heavy (non-hydrogen) atoms. The Kier molecular flexibility index (Phi) is 12.9. The van der Waals surface area contributed by atoms with Crippen molar-refractivity contribution in [3.63, 3.8) is 0 Å². The molecule has 1 fully saturated rings. The minimum Gasteiger partial charge on any atom is -0.390 e. The lowest BCUT2D eigenvalue weighted by atomic mass is 9.97. The monoisotopic (exact) mass is 830 g/mol. The summed E-state index contributed by atoms with van der Waals surface area (Å²) in [6.07, 6.45) is 5.65. The normalized spacial score (nSPS) is 13.2. The van der Waals surface area contributed by atoms with Gasteiger partial charge in [0.2, 0.25) is 5.82 Å². The SMILES string of the molecule is CCCCc1nc(Cl)c(CO)n1Cc1ccc(-c2ccccc2-c2nnn(Cc3c(Cl)nc(CCCC)n3Cc3ccc(-c4ccccc4C4NNNN4)cc3)n2)cc1. The Bertz CT molecular complexity index is 2490. The van der Waals surface area contributed by atoms with Crippen molar-refractivity contribution >= 4 is 23.2 Å². The number of nitrogens with one attached hydrogen (secondary N) is 4. The van der Waals surface area contributed by atoms with Gasteiger partial charge in [-0.05, 0) is 57.0 Å². The molecule has 1 aliphatic heterocycles. The molecule has 304 valence electrons. The van der Waals surface area contributed by atoms with Crippen molar-refractivity contribution in [2.45, 2.75) is 84.8 Å². The highest BCUT2D eigenvalue weighted by molar-refractivity contribution is 6.30. The van der Waals surface area contributed by atoms with E-state index < -0.39 is 0 Å². The molecule has 0 saturated carbocycles. The number of hydrogen-bond acceptors (Lipinski definition) is 10. The van der Waals surface area contributed by atoms with E-state index in [0.717, 1.165) is 100 Å². The largest absolute Gasteiger partial charge is 0.390 e. The van der Waals surface area contributed by atoms with Crippen LogP contribution in [0.1, 0.15) is 85.4 Å². The number of imidazole rings is 2. The van der Waals surface area contributed by atoms with Gasteiger partial charge < -0.3 is 14.2 Å². The van der Waals surface area contributed by atoms with Crippen LogP contribution in [0.25, 0.3) is 33.6 Å². The first-order valence-electron chi connectivity index (χ1n) is 20.2. The van der Waals surface area contributed by atoms with Gasteiger partial charge in [0.05, 0.1) is 18.0 Å². The van der Waals surface area contributed by atoms with E-state index in [9.17, 15) is 5.11 Å². The number of rotatable bonds is 17. The third-order valence-corrected chi connectivity index (χ3v) is 11.4. The van der Waals surface area contributed by atoms with Crippen LogP contribution >= 0.6 is 23.2 Å². The number of aliphatic hydroxyl groups excluding tert-OH is 1. The zero-order chi connectivity index (χ0) is 40.7. The van der Waals surface area contributed by atoms with Gasteiger partial charge in [0, 0.05) is 31.5 Å². The number of aromatic nitrogens is 8. The minimum absolute atomic E-state index is 0.0701. The average molecular weight is 832 g/mol. The number of hydrogen-bond donors (Lipinski definition) is 5. The van der Waals surface area contributed by atoms with E-state index in [-0.39, 0.29) is 12.8 Å². The van der Waals surface area contributed by atoms with Crippen LogP contribution in [0.4, 0.5) is 0 Å². The highest BCUT2D eigenvalue weighted by Crippen LogP contribution is 2.32. The number of halogens is 2. The summed E-state index contributed by atoms with van der Waals surface area (Å²) in [6, 6.07) is 33.5. The van der Waals surface area contributed by atoms with Crippen LogP contribution in [0.2, 0.25) is 10.3 Å². The number of nitrogens with zero attached hydrogens (tertiary/aromatic N) is 8. The van der Waals surface area contributed by atoms with Crippen LogP contribution < -0.4 is 21.9 Å². The van der Waals surface area contributed by atoms with E-state index in [4.69, 9.17) is 33.3 Å². The molecule has 0 amide bonds. The molecule has 0 aliphatic carbocycles. The van der Waals surface area contributed by atoms with Gasteiger partial charge in [0.25, 0.3) is 0 Å². The lowest BCUT2D eigenvalue weighted by molar-refractivity contribution is 0.271. The first kappa shape index (κ1) is 40.5. The molecule has 3 aromatic heterocycles. The number of benzene rings is 4. The van der Waals surface area contributed by atoms with Crippen molar-refractivity contribution in [2.24, 2.45) is 0 Å². The van der Waals surface area contributed by atoms with Crippen LogP contribution in [0.3, 0.4) is 0 Å². The van der Waals surface area contributed by atoms with Crippen molar-refractivity contribution in [2.75, 3.05) is 0 Å². The average Bonchev–Trinajstić information content (AvgIpc) is 4.08. The Balaban J connectivity index is 1.02. The first-order valence-corrected chi connectivity index (χ1v) is 20.9. The summed E-state index contributed by atoms with van der Waals surface area (Å²) in [4.78, 5) is 11.0. The van der Waals surface area contributed by atoms with Gasteiger partial charge in [-0.1, -0.05) is 147 Å². The Morgan fingerprint density at radius 2 is 1.15 bits per heavy atom. The quantitative estimate of drug-likeness (QED) is 0.0616. The van der Waals surface area contributed by atoms with E-state index in [2.05, 4.69) is 128 Å². The summed E-state index contributed by atoms with van der Waals surface area (Å²) in [5.41, 5.74) is 22.2. The fourth-order valence-corrected chi connectivity index (χ4v) is 8.10. The van der Waals surface area contributed by atoms with Crippen molar-refractivity contribution in [1.29, 1.82) is 0 Å². The lowest BCUT2D eigenvalue weighted by Gasteiger charge is -2.16. The highest BCUT2D eigenvalue weighted by Gasteiger charge is 2.22. The van der Waals surface area contributed by atoms with Gasteiger partial charge in [-0.2, -0.15) is 15.9 Å². The summed E-state index contributed by atoms with van der Waals surface area (Å²) in [5, 5.41) is 24.7.